The highest BCUT2D eigenvalue weighted by Crippen LogP contribution is 2.30. The van der Waals surface area contributed by atoms with E-state index in [0.717, 1.165) is 40.4 Å². The predicted molar refractivity (Wildman–Crippen MR) is 224 cm³/mol. The maximum absolute atomic E-state index is 13.9. The lowest BCUT2D eigenvalue weighted by atomic mass is 9.81. The van der Waals surface area contributed by atoms with Gasteiger partial charge in [0, 0.05) is 36.0 Å². The molecule has 1 saturated carbocycles. The number of amides is 3. The van der Waals surface area contributed by atoms with E-state index in [9.17, 15) is 24.0 Å². The highest BCUT2D eigenvalue weighted by atomic mass is 16.6. The van der Waals surface area contributed by atoms with Crippen LogP contribution in [0.25, 0.3) is 32.9 Å². The van der Waals surface area contributed by atoms with Crippen LogP contribution < -0.4 is 21.5 Å². The molecule has 1 aliphatic carbocycles. The molecule has 58 heavy (non-hydrogen) atoms. The SMILES string of the molecule is CC(C)n1c(=O)c2ccc(-c3ccc(CC(NC(=O)C4CCC(CNC(=O)OC(C)(C)C)CC4)C(=O)Nc4ccc5cn[nH]c5c4)cc3)cc2n1C(=O)OC(C)(C)C. The summed E-state index contributed by atoms with van der Waals surface area (Å²) in [7, 11) is 0. The Labute approximate surface area is 338 Å². The maximum atomic E-state index is 13.9. The summed E-state index contributed by atoms with van der Waals surface area (Å²) in [6.45, 7) is 15.0. The number of rotatable bonds is 10. The molecule has 14 nitrogen and oxygen atoms in total. The van der Waals surface area contributed by atoms with E-state index in [1.807, 2.05) is 77.1 Å². The monoisotopic (exact) mass is 793 g/mol. The van der Waals surface area contributed by atoms with Gasteiger partial charge >= 0.3 is 12.2 Å². The molecule has 0 bridgehead atoms. The number of benzene rings is 3. The van der Waals surface area contributed by atoms with Gasteiger partial charge in [0.1, 0.15) is 17.2 Å². The van der Waals surface area contributed by atoms with E-state index in [2.05, 4.69) is 26.1 Å². The number of carbonyl (C=O) groups is 4. The zero-order chi connectivity index (χ0) is 41.9. The molecule has 0 spiro atoms. The number of H-pyrrole nitrogens is 1. The Balaban J connectivity index is 1.19. The molecule has 1 atom stereocenters. The fraction of sp³-hybridized carbons (Fsp3) is 0.455. The molecule has 5 aromatic rings. The molecule has 0 aliphatic heterocycles. The van der Waals surface area contributed by atoms with Crippen LogP contribution in [0.1, 0.15) is 92.7 Å². The van der Waals surface area contributed by atoms with Crippen LogP contribution in [0.2, 0.25) is 0 Å². The fourth-order valence-electron chi connectivity index (χ4n) is 7.34. The number of carbonyl (C=O) groups excluding carboxylic acids is 4. The van der Waals surface area contributed by atoms with Gasteiger partial charge in [0.2, 0.25) is 11.8 Å². The number of hydrogen-bond acceptors (Lipinski definition) is 8. The van der Waals surface area contributed by atoms with Gasteiger partial charge in [-0.2, -0.15) is 9.78 Å². The number of aromatic nitrogens is 4. The lowest BCUT2D eigenvalue weighted by molar-refractivity contribution is -0.130. The minimum Gasteiger partial charge on any atom is -0.444 e. The number of ether oxygens (including phenoxy) is 2. The van der Waals surface area contributed by atoms with Gasteiger partial charge < -0.3 is 25.4 Å². The Kier molecular flexibility index (Phi) is 12.1. The fourth-order valence-corrected chi connectivity index (χ4v) is 7.34. The molecular weight excluding hydrogens is 739 g/mol. The minimum absolute atomic E-state index is 0.183. The topological polar surface area (TPSA) is 178 Å². The van der Waals surface area contributed by atoms with Crippen molar-refractivity contribution in [3.05, 3.63) is 82.8 Å². The number of hydrogen-bond donors (Lipinski definition) is 4. The summed E-state index contributed by atoms with van der Waals surface area (Å²) in [5.41, 5.74) is 2.60. The molecule has 1 aliphatic rings. The van der Waals surface area contributed by atoms with Crippen molar-refractivity contribution in [2.75, 3.05) is 11.9 Å². The lowest BCUT2D eigenvalue weighted by Crippen LogP contribution is -2.48. The molecule has 0 radical (unpaired) electrons. The average Bonchev–Trinajstić information content (AvgIpc) is 3.74. The molecule has 6 rings (SSSR count). The molecular formula is C44H55N7O7. The molecule has 14 heteroatoms. The normalized spacial score (nSPS) is 16.6. The summed E-state index contributed by atoms with van der Waals surface area (Å²) in [6.07, 6.45) is 3.64. The summed E-state index contributed by atoms with van der Waals surface area (Å²) in [5.74, 6) is -0.577. The van der Waals surface area contributed by atoms with Crippen molar-refractivity contribution in [1.29, 1.82) is 0 Å². The molecule has 2 aromatic heterocycles. The van der Waals surface area contributed by atoms with Gasteiger partial charge in [-0.3, -0.25) is 19.5 Å². The van der Waals surface area contributed by atoms with Crippen LogP contribution in [0.15, 0.2) is 71.7 Å². The highest BCUT2D eigenvalue weighted by molar-refractivity contribution is 5.99. The Hall–Kier alpha value is -5.92. The molecule has 308 valence electrons. The molecule has 0 saturated heterocycles. The number of alkyl carbamates (subject to hydrolysis) is 1. The van der Waals surface area contributed by atoms with E-state index < -0.39 is 29.4 Å². The van der Waals surface area contributed by atoms with Gasteiger partial charge in [-0.05, 0) is 134 Å². The number of aromatic amines is 1. The highest BCUT2D eigenvalue weighted by Gasteiger charge is 2.31. The van der Waals surface area contributed by atoms with Gasteiger partial charge in [0.15, 0.2) is 0 Å². The van der Waals surface area contributed by atoms with Crippen molar-refractivity contribution in [3.63, 3.8) is 0 Å². The molecule has 3 aromatic carbocycles. The Morgan fingerprint density at radius 1 is 0.862 bits per heavy atom. The molecule has 1 unspecified atom stereocenters. The second-order valence-electron chi connectivity index (χ2n) is 17.5. The van der Waals surface area contributed by atoms with E-state index in [1.54, 1.807) is 45.2 Å². The Bertz CT molecular complexity index is 2350. The van der Waals surface area contributed by atoms with E-state index in [1.165, 1.54) is 9.36 Å². The van der Waals surface area contributed by atoms with Gasteiger partial charge in [-0.1, -0.05) is 30.3 Å². The number of fused-ring (bicyclic) bond motifs is 2. The Morgan fingerprint density at radius 3 is 2.19 bits per heavy atom. The van der Waals surface area contributed by atoms with Crippen LogP contribution in [0.4, 0.5) is 15.3 Å². The second kappa shape index (κ2) is 16.9. The minimum atomic E-state index is -0.877. The van der Waals surface area contributed by atoms with Crippen LogP contribution in [0.3, 0.4) is 0 Å². The van der Waals surface area contributed by atoms with Crippen LogP contribution >= 0.6 is 0 Å². The van der Waals surface area contributed by atoms with E-state index in [-0.39, 0.29) is 41.7 Å². The van der Waals surface area contributed by atoms with Crippen molar-refractivity contribution in [3.8, 4) is 11.1 Å². The second-order valence-corrected chi connectivity index (χ2v) is 17.5. The third kappa shape index (κ3) is 10.1. The summed E-state index contributed by atoms with van der Waals surface area (Å²) in [5, 5.41) is 17.2. The first kappa shape index (κ1) is 41.7. The van der Waals surface area contributed by atoms with Crippen molar-refractivity contribution in [2.45, 2.75) is 111 Å². The zero-order valence-corrected chi connectivity index (χ0v) is 34.6. The van der Waals surface area contributed by atoms with Crippen molar-refractivity contribution in [1.82, 2.24) is 30.2 Å². The summed E-state index contributed by atoms with van der Waals surface area (Å²) in [4.78, 5) is 66.6. The van der Waals surface area contributed by atoms with Crippen LogP contribution in [-0.4, -0.2) is 67.4 Å². The summed E-state index contributed by atoms with van der Waals surface area (Å²) >= 11 is 0. The van der Waals surface area contributed by atoms with Gasteiger partial charge in [0.25, 0.3) is 5.56 Å². The first-order valence-corrected chi connectivity index (χ1v) is 20.0. The number of nitrogens with zero attached hydrogens (tertiary/aromatic N) is 3. The standard InChI is InChI=1S/C44H55N7O7/c1-26(2)50-40(54)34-20-18-31(22-37(34)51(50)42(56)58-44(6,7)8)29-13-9-27(10-14-29)21-36(39(53)47-33-19-17-32-25-46-49-35(32)23-33)48-38(52)30-15-11-28(12-16-30)24-45-41(55)57-43(3,4)5/h9-10,13-14,17-20,22-23,25-26,28,30,36H,11-12,15-16,21,24H2,1-8H3,(H,45,55)(H,46,49)(H,47,53)(H,48,52). The third-order valence-electron chi connectivity index (χ3n) is 10.2. The van der Waals surface area contributed by atoms with E-state index in [4.69, 9.17) is 9.47 Å². The first-order valence-electron chi connectivity index (χ1n) is 20.0. The van der Waals surface area contributed by atoms with Crippen molar-refractivity contribution >= 4 is 51.5 Å². The summed E-state index contributed by atoms with van der Waals surface area (Å²) < 4.78 is 13.8. The maximum Gasteiger partial charge on any atom is 0.434 e. The average molecular weight is 794 g/mol. The van der Waals surface area contributed by atoms with Crippen molar-refractivity contribution < 1.29 is 28.7 Å². The van der Waals surface area contributed by atoms with Gasteiger partial charge in [-0.25, -0.2) is 14.3 Å². The van der Waals surface area contributed by atoms with Crippen LogP contribution in [0.5, 0.6) is 0 Å². The smallest absolute Gasteiger partial charge is 0.434 e. The number of nitrogens with one attached hydrogen (secondary N) is 4. The van der Waals surface area contributed by atoms with Crippen LogP contribution in [-0.2, 0) is 25.5 Å². The predicted octanol–water partition coefficient (Wildman–Crippen LogP) is 7.71. The Morgan fingerprint density at radius 2 is 1.53 bits per heavy atom. The number of anilines is 1. The first-order chi connectivity index (χ1) is 27.3. The summed E-state index contributed by atoms with van der Waals surface area (Å²) in [6, 6.07) is 17.3. The largest absolute Gasteiger partial charge is 0.444 e. The zero-order valence-electron chi connectivity index (χ0n) is 34.6. The molecule has 1 fully saturated rings. The molecule has 3 amide bonds. The van der Waals surface area contributed by atoms with Crippen molar-refractivity contribution in [2.24, 2.45) is 11.8 Å². The lowest BCUT2D eigenvalue weighted by Gasteiger charge is -2.29. The molecule has 4 N–H and O–H groups in total. The van der Waals surface area contributed by atoms with Gasteiger partial charge in [-0.15, -0.1) is 0 Å². The third-order valence-corrected chi connectivity index (χ3v) is 10.2. The van der Waals surface area contributed by atoms with Crippen LogP contribution in [0, 0.1) is 11.8 Å². The van der Waals surface area contributed by atoms with E-state index >= 15 is 0 Å². The molecule has 2 heterocycles. The quantitative estimate of drug-likeness (QED) is 0.111. The van der Waals surface area contributed by atoms with E-state index in [0.29, 0.717) is 36.0 Å². The van der Waals surface area contributed by atoms with Gasteiger partial charge in [0.05, 0.1) is 22.6 Å².